The highest BCUT2D eigenvalue weighted by Gasteiger charge is 2.36. The van der Waals surface area contributed by atoms with Crippen molar-refractivity contribution in [1.82, 2.24) is 0 Å². The van der Waals surface area contributed by atoms with Crippen molar-refractivity contribution in [2.75, 3.05) is 23.4 Å². The third-order valence-corrected chi connectivity index (χ3v) is 4.96. The second-order valence-electron chi connectivity index (χ2n) is 7.02. The Bertz CT molecular complexity index is 1170. The maximum absolute atomic E-state index is 12.8. The zero-order valence-electron chi connectivity index (χ0n) is 17.8. The van der Waals surface area contributed by atoms with Crippen LogP contribution in [-0.4, -0.2) is 30.9 Å². The fraction of sp³-hybridized carbons (Fsp3) is 0.160. The summed E-state index contributed by atoms with van der Waals surface area (Å²) in [7, 11) is 0. The van der Waals surface area contributed by atoms with Crippen LogP contribution in [0.4, 0.5) is 11.4 Å². The molecule has 1 aliphatic rings. The van der Waals surface area contributed by atoms with E-state index in [2.05, 4.69) is 5.32 Å². The van der Waals surface area contributed by atoms with Crippen molar-refractivity contribution < 1.29 is 23.9 Å². The molecule has 7 nitrogen and oxygen atoms in total. The van der Waals surface area contributed by atoms with Crippen LogP contribution in [0.25, 0.3) is 0 Å². The molecule has 1 heterocycles. The van der Waals surface area contributed by atoms with Crippen LogP contribution in [-0.2, 0) is 0 Å². The van der Waals surface area contributed by atoms with E-state index in [1.165, 1.54) is 0 Å². The molecule has 3 aromatic carbocycles. The van der Waals surface area contributed by atoms with Gasteiger partial charge >= 0.3 is 0 Å². The Morgan fingerprint density at radius 3 is 2.12 bits per heavy atom. The molecule has 162 valence electrons. The number of imide groups is 1. The van der Waals surface area contributed by atoms with E-state index >= 15 is 0 Å². The Balaban J connectivity index is 1.56. The van der Waals surface area contributed by atoms with Gasteiger partial charge in [-0.2, -0.15) is 0 Å². The Kier molecular flexibility index (Phi) is 5.89. The number of amides is 3. The van der Waals surface area contributed by atoms with Gasteiger partial charge in [0.05, 0.1) is 30.0 Å². The first-order valence-corrected chi connectivity index (χ1v) is 10.3. The highest BCUT2D eigenvalue weighted by molar-refractivity contribution is 6.34. The van der Waals surface area contributed by atoms with Gasteiger partial charge in [0.2, 0.25) is 0 Å². The largest absolute Gasteiger partial charge is 0.490 e. The fourth-order valence-corrected chi connectivity index (χ4v) is 3.54. The number of fused-ring (bicyclic) bond motifs is 1. The standard InChI is InChI=1S/C25H22N2O5/c1-3-31-21-13-12-16(14-22(21)32-4-2)23(28)26-17-8-7-9-18(15-17)27-24(29)19-10-5-6-11-20(19)25(27)30/h5-15H,3-4H2,1-2H3,(H,26,28). The number of benzene rings is 3. The third-order valence-electron chi connectivity index (χ3n) is 4.96. The van der Waals surface area contributed by atoms with Crippen molar-refractivity contribution in [3.63, 3.8) is 0 Å². The van der Waals surface area contributed by atoms with Crippen molar-refractivity contribution in [1.29, 1.82) is 0 Å². The molecule has 0 radical (unpaired) electrons. The number of hydrogen-bond donors (Lipinski definition) is 1. The Morgan fingerprint density at radius 1 is 0.812 bits per heavy atom. The normalized spacial score (nSPS) is 12.5. The molecule has 0 saturated heterocycles. The third kappa shape index (κ3) is 3.92. The second-order valence-corrected chi connectivity index (χ2v) is 7.02. The average Bonchev–Trinajstić information content (AvgIpc) is 3.06. The van der Waals surface area contributed by atoms with Gasteiger partial charge < -0.3 is 14.8 Å². The summed E-state index contributed by atoms with van der Waals surface area (Å²) in [6.07, 6.45) is 0. The van der Waals surface area contributed by atoms with Crippen LogP contribution in [0.3, 0.4) is 0 Å². The highest BCUT2D eigenvalue weighted by Crippen LogP contribution is 2.31. The van der Waals surface area contributed by atoms with Gasteiger partial charge in [0.15, 0.2) is 11.5 Å². The van der Waals surface area contributed by atoms with E-state index in [0.717, 1.165) is 4.90 Å². The van der Waals surface area contributed by atoms with Crippen LogP contribution in [0.15, 0.2) is 66.7 Å². The van der Waals surface area contributed by atoms with E-state index in [-0.39, 0.29) is 17.7 Å². The molecule has 1 aliphatic heterocycles. The predicted molar refractivity (Wildman–Crippen MR) is 121 cm³/mol. The van der Waals surface area contributed by atoms with Gasteiger partial charge in [0, 0.05) is 11.3 Å². The molecule has 0 bridgehead atoms. The van der Waals surface area contributed by atoms with Crippen LogP contribution >= 0.6 is 0 Å². The zero-order valence-corrected chi connectivity index (χ0v) is 17.8. The van der Waals surface area contributed by atoms with Gasteiger partial charge in [0.1, 0.15) is 0 Å². The Labute approximate surface area is 185 Å². The van der Waals surface area contributed by atoms with Crippen molar-refractivity contribution in [2.24, 2.45) is 0 Å². The van der Waals surface area contributed by atoms with Crippen molar-refractivity contribution >= 4 is 29.1 Å². The molecule has 1 N–H and O–H groups in total. The molecule has 4 rings (SSSR count). The summed E-state index contributed by atoms with van der Waals surface area (Å²) >= 11 is 0. The van der Waals surface area contributed by atoms with Crippen LogP contribution < -0.4 is 19.7 Å². The molecule has 7 heteroatoms. The summed E-state index contributed by atoms with van der Waals surface area (Å²) in [6.45, 7) is 4.65. The van der Waals surface area contributed by atoms with E-state index in [1.54, 1.807) is 66.7 Å². The molecule has 0 spiro atoms. The molecule has 0 atom stereocenters. The number of anilines is 2. The number of nitrogens with zero attached hydrogens (tertiary/aromatic N) is 1. The number of carbonyl (C=O) groups is 3. The van der Waals surface area contributed by atoms with Crippen LogP contribution in [0, 0.1) is 0 Å². The average molecular weight is 430 g/mol. The highest BCUT2D eigenvalue weighted by atomic mass is 16.5. The lowest BCUT2D eigenvalue weighted by Gasteiger charge is -2.16. The second kappa shape index (κ2) is 8.93. The first-order chi connectivity index (χ1) is 15.5. The minimum atomic E-state index is -0.387. The monoisotopic (exact) mass is 430 g/mol. The molecular formula is C25H22N2O5. The summed E-state index contributed by atoms with van der Waals surface area (Å²) in [6, 6.07) is 18.3. The molecule has 0 fully saturated rings. The molecule has 32 heavy (non-hydrogen) atoms. The van der Waals surface area contributed by atoms with Gasteiger partial charge in [-0.15, -0.1) is 0 Å². The van der Waals surface area contributed by atoms with Crippen molar-refractivity contribution in [3.8, 4) is 11.5 Å². The van der Waals surface area contributed by atoms with Crippen molar-refractivity contribution in [2.45, 2.75) is 13.8 Å². The maximum atomic E-state index is 12.8. The number of carbonyl (C=O) groups excluding carboxylic acids is 3. The topological polar surface area (TPSA) is 84.9 Å². The van der Waals surface area contributed by atoms with E-state index in [9.17, 15) is 14.4 Å². The number of nitrogens with one attached hydrogen (secondary N) is 1. The lowest BCUT2D eigenvalue weighted by Crippen LogP contribution is -2.29. The van der Waals surface area contributed by atoms with Gasteiger partial charge in [-0.1, -0.05) is 18.2 Å². The van der Waals surface area contributed by atoms with Crippen LogP contribution in [0.5, 0.6) is 11.5 Å². The summed E-state index contributed by atoms with van der Waals surface area (Å²) in [5.41, 5.74) is 1.96. The lowest BCUT2D eigenvalue weighted by atomic mass is 10.1. The minimum absolute atomic E-state index is 0.353. The van der Waals surface area contributed by atoms with Gasteiger partial charge in [-0.05, 0) is 62.4 Å². The van der Waals surface area contributed by atoms with Gasteiger partial charge in [-0.3, -0.25) is 14.4 Å². The van der Waals surface area contributed by atoms with Crippen molar-refractivity contribution in [3.05, 3.63) is 83.4 Å². The summed E-state index contributed by atoms with van der Waals surface area (Å²) in [5.74, 6) is -0.0716. The first kappa shape index (κ1) is 21.1. The molecular weight excluding hydrogens is 408 g/mol. The lowest BCUT2D eigenvalue weighted by molar-refractivity contribution is 0.0925. The number of hydrogen-bond acceptors (Lipinski definition) is 5. The quantitative estimate of drug-likeness (QED) is 0.557. The van der Waals surface area contributed by atoms with E-state index in [4.69, 9.17) is 9.47 Å². The number of rotatable bonds is 7. The molecule has 3 aromatic rings. The Morgan fingerprint density at radius 2 is 1.47 bits per heavy atom. The summed E-state index contributed by atoms with van der Waals surface area (Å²) in [4.78, 5) is 39.4. The van der Waals surface area contributed by atoms with Crippen LogP contribution in [0.1, 0.15) is 44.9 Å². The molecule has 0 saturated carbocycles. The minimum Gasteiger partial charge on any atom is -0.490 e. The first-order valence-electron chi connectivity index (χ1n) is 10.3. The molecule has 3 amide bonds. The van der Waals surface area contributed by atoms with Gasteiger partial charge in [0.25, 0.3) is 17.7 Å². The predicted octanol–water partition coefficient (Wildman–Crippen LogP) is 4.54. The summed E-state index contributed by atoms with van der Waals surface area (Å²) < 4.78 is 11.1. The molecule has 0 aromatic heterocycles. The van der Waals surface area contributed by atoms with E-state index in [1.807, 2.05) is 13.8 Å². The number of ether oxygens (including phenoxy) is 2. The van der Waals surface area contributed by atoms with Crippen LogP contribution in [0.2, 0.25) is 0 Å². The maximum Gasteiger partial charge on any atom is 0.266 e. The molecule has 0 unspecified atom stereocenters. The fourth-order valence-electron chi connectivity index (χ4n) is 3.54. The Hall–Kier alpha value is -4.13. The molecule has 0 aliphatic carbocycles. The smallest absolute Gasteiger partial charge is 0.266 e. The summed E-state index contributed by atoms with van der Waals surface area (Å²) in [5, 5.41) is 2.81. The zero-order chi connectivity index (χ0) is 22.7. The van der Waals surface area contributed by atoms with E-state index < -0.39 is 0 Å². The van der Waals surface area contributed by atoms with E-state index in [0.29, 0.717) is 52.8 Å². The van der Waals surface area contributed by atoms with Gasteiger partial charge in [-0.25, -0.2) is 4.90 Å². The SMILES string of the molecule is CCOc1ccc(C(=O)Nc2cccc(N3C(=O)c4ccccc4C3=O)c2)cc1OCC.